The molecule has 0 radical (unpaired) electrons. The molecular formula is C16H19FN2. The monoisotopic (exact) mass is 258 g/mol. The highest BCUT2D eigenvalue weighted by Gasteiger charge is 2.39. The Kier molecular flexibility index (Phi) is 3.18. The van der Waals surface area contributed by atoms with Crippen molar-refractivity contribution >= 4 is 5.69 Å². The Morgan fingerprint density at radius 3 is 2.84 bits per heavy atom. The number of nitrogens with zero attached hydrogens (tertiary/aromatic N) is 2. The number of halogens is 1. The molecule has 2 nitrogen and oxygen atoms in total. The summed E-state index contributed by atoms with van der Waals surface area (Å²) in [6.45, 7) is 0.944. The summed E-state index contributed by atoms with van der Waals surface area (Å²) in [7, 11) is 1.97. The quantitative estimate of drug-likeness (QED) is 0.828. The molecule has 0 heterocycles. The summed E-state index contributed by atoms with van der Waals surface area (Å²) < 4.78 is 13.6. The van der Waals surface area contributed by atoms with Gasteiger partial charge in [0.25, 0.3) is 0 Å². The molecule has 100 valence electrons. The Bertz CT molecular complexity index is 520. The summed E-state index contributed by atoms with van der Waals surface area (Å²) in [4.78, 5) is 2.06. The highest BCUT2D eigenvalue weighted by molar-refractivity contribution is 5.59. The smallest absolute Gasteiger partial charge is 0.143 e. The van der Waals surface area contributed by atoms with Crippen LogP contribution in [0, 0.1) is 34.9 Å². The number of hydrogen-bond acceptors (Lipinski definition) is 2. The predicted octanol–water partition coefficient (Wildman–Crippen LogP) is 3.57. The summed E-state index contributed by atoms with van der Waals surface area (Å²) in [5.41, 5.74) is 0.901. The average Bonchev–Trinajstić information content (AvgIpc) is 3.00. The van der Waals surface area contributed by atoms with Crippen LogP contribution in [0.4, 0.5) is 10.1 Å². The van der Waals surface area contributed by atoms with E-state index in [-0.39, 0.29) is 5.56 Å². The minimum atomic E-state index is -0.417. The second kappa shape index (κ2) is 4.85. The van der Waals surface area contributed by atoms with E-state index in [1.165, 1.54) is 31.7 Å². The van der Waals surface area contributed by atoms with Crippen LogP contribution in [0.5, 0.6) is 0 Å². The first-order chi connectivity index (χ1) is 9.19. The molecule has 0 saturated heterocycles. The molecule has 1 aromatic carbocycles. The third-order valence-electron chi connectivity index (χ3n) is 4.91. The van der Waals surface area contributed by atoms with Gasteiger partial charge in [0.05, 0.1) is 5.69 Å². The lowest BCUT2D eigenvalue weighted by Gasteiger charge is -2.29. The second-order valence-corrected chi connectivity index (χ2v) is 6.06. The largest absolute Gasteiger partial charge is 0.373 e. The number of benzene rings is 1. The molecule has 3 rings (SSSR count). The SMILES string of the molecule is CN(CC1CC2CCC1C2)c1cccc(F)c1C#N. The van der Waals surface area contributed by atoms with Gasteiger partial charge in [0.15, 0.2) is 0 Å². The molecule has 2 aliphatic carbocycles. The van der Waals surface area contributed by atoms with E-state index in [0.29, 0.717) is 0 Å². The van der Waals surface area contributed by atoms with Crippen LogP contribution < -0.4 is 4.90 Å². The van der Waals surface area contributed by atoms with Crippen LogP contribution in [0.25, 0.3) is 0 Å². The van der Waals surface area contributed by atoms with Crippen molar-refractivity contribution in [3.8, 4) is 6.07 Å². The summed E-state index contributed by atoms with van der Waals surface area (Å²) in [6, 6.07) is 6.87. The average molecular weight is 258 g/mol. The number of hydrogen-bond donors (Lipinski definition) is 0. The molecule has 1 aromatic rings. The van der Waals surface area contributed by atoms with Gasteiger partial charge in [0.1, 0.15) is 17.4 Å². The van der Waals surface area contributed by atoms with Gasteiger partial charge in [-0.25, -0.2) is 4.39 Å². The minimum Gasteiger partial charge on any atom is -0.373 e. The van der Waals surface area contributed by atoms with Crippen LogP contribution in [-0.2, 0) is 0 Å². The van der Waals surface area contributed by atoms with Crippen molar-refractivity contribution in [2.75, 3.05) is 18.5 Å². The molecular weight excluding hydrogens is 239 g/mol. The van der Waals surface area contributed by atoms with Crippen molar-refractivity contribution in [2.24, 2.45) is 17.8 Å². The zero-order valence-electron chi connectivity index (χ0n) is 11.3. The lowest BCUT2D eigenvalue weighted by Crippen LogP contribution is -2.29. The lowest BCUT2D eigenvalue weighted by molar-refractivity contribution is 0.337. The molecule has 0 spiro atoms. The zero-order chi connectivity index (χ0) is 13.4. The van der Waals surface area contributed by atoms with Crippen molar-refractivity contribution in [3.05, 3.63) is 29.6 Å². The van der Waals surface area contributed by atoms with Crippen molar-refractivity contribution in [2.45, 2.75) is 25.7 Å². The molecule has 0 amide bonds. The van der Waals surface area contributed by atoms with Crippen molar-refractivity contribution in [3.63, 3.8) is 0 Å². The lowest BCUT2D eigenvalue weighted by atomic mass is 9.88. The summed E-state index contributed by atoms with van der Waals surface area (Å²) in [6.07, 6.45) is 5.45. The van der Waals surface area contributed by atoms with Crippen LogP contribution >= 0.6 is 0 Å². The molecule has 2 aliphatic rings. The van der Waals surface area contributed by atoms with E-state index in [1.807, 2.05) is 19.2 Å². The Labute approximate surface area is 113 Å². The Hall–Kier alpha value is -1.56. The highest BCUT2D eigenvalue weighted by atomic mass is 19.1. The van der Waals surface area contributed by atoms with Gasteiger partial charge in [0.2, 0.25) is 0 Å². The van der Waals surface area contributed by atoms with Gasteiger partial charge in [0, 0.05) is 13.6 Å². The molecule has 0 aromatic heterocycles. The minimum absolute atomic E-state index is 0.174. The van der Waals surface area contributed by atoms with Crippen molar-refractivity contribution in [1.82, 2.24) is 0 Å². The van der Waals surface area contributed by atoms with Gasteiger partial charge in [-0.1, -0.05) is 12.5 Å². The van der Waals surface area contributed by atoms with Crippen LogP contribution in [0.1, 0.15) is 31.2 Å². The maximum Gasteiger partial charge on any atom is 0.143 e. The maximum atomic E-state index is 13.6. The summed E-state index contributed by atoms with van der Waals surface area (Å²) in [5, 5.41) is 9.10. The van der Waals surface area contributed by atoms with E-state index >= 15 is 0 Å². The van der Waals surface area contributed by atoms with Gasteiger partial charge in [-0.2, -0.15) is 5.26 Å². The van der Waals surface area contributed by atoms with E-state index in [4.69, 9.17) is 5.26 Å². The fraction of sp³-hybridized carbons (Fsp3) is 0.562. The molecule has 2 saturated carbocycles. The maximum absolute atomic E-state index is 13.6. The topological polar surface area (TPSA) is 27.0 Å². The predicted molar refractivity (Wildman–Crippen MR) is 73.3 cm³/mol. The Morgan fingerprint density at radius 1 is 1.37 bits per heavy atom. The third kappa shape index (κ3) is 2.20. The molecule has 2 bridgehead atoms. The number of fused-ring (bicyclic) bond motifs is 2. The third-order valence-corrected chi connectivity index (χ3v) is 4.91. The first-order valence-electron chi connectivity index (χ1n) is 7.08. The molecule has 3 heteroatoms. The van der Waals surface area contributed by atoms with Gasteiger partial charge >= 0.3 is 0 Å². The Balaban J connectivity index is 1.76. The number of rotatable bonds is 3. The van der Waals surface area contributed by atoms with E-state index in [9.17, 15) is 4.39 Å². The molecule has 0 aliphatic heterocycles. The second-order valence-electron chi connectivity index (χ2n) is 6.06. The van der Waals surface area contributed by atoms with Crippen LogP contribution in [0.2, 0.25) is 0 Å². The van der Waals surface area contributed by atoms with Crippen molar-refractivity contribution in [1.29, 1.82) is 5.26 Å². The summed E-state index contributed by atoms with van der Waals surface area (Å²) in [5.74, 6) is 2.08. The van der Waals surface area contributed by atoms with E-state index < -0.39 is 5.82 Å². The fourth-order valence-electron chi connectivity index (χ4n) is 3.99. The number of anilines is 1. The van der Waals surface area contributed by atoms with E-state index in [2.05, 4.69) is 4.90 Å². The molecule has 3 unspecified atom stereocenters. The Morgan fingerprint density at radius 2 is 2.21 bits per heavy atom. The molecule has 3 atom stereocenters. The van der Waals surface area contributed by atoms with Gasteiger partial charge < -0.3 is 4.90 Å². The first kappa shape index (κ1) is 12.5. The zero-order valence-corrected chi connectivity index (χ0v) is 11.3. The number of nitriles is 1. The first-order valence-corrected chi connectivity index (χ1v) is 7.08. The molecule has 19 heavy (non-hydrogen) atoms. The fourth-order valence-corrected chi connectivity index (χ4v) is 3.99. The standard InChI is InChI=1S/C16H19FN2/c1-19(10-13-8-11-5-6-12(13)7-11)16-4-2-3-15(17)14(16)9-18/h2-4,11-13H,5-8,10H2,1H3. The van der Waals surface area contributed by atoms with Crippen LogP contribution in [0.15, 0.2) is 18.2 Å². The molecule has 2 fully saturated rings. The summed E-state index contributed by atoms with van der Waals surface area (Å²) >= 11 is 0. The van der Waals surface area contributed by atoms with E-state index in [1.54, 1.807) is 6.07 Å². The molecule has 0 N–H and O–H groups in total. The van der Waals surface area contributed by atoms with Gasteiger partial charge in [-0.15, -0.1) is 0 Å². The van der Waals surface area contributed by atoms with Crippen molar-refractivity contribution < 1.29 is 4.39 Å². The van der Waals surface area contributed by atoms with Crippen LogP contribution in [-0.4, -0.2) is 13.6 Å². The van der Waals surface area contributed by atoms with Crippen LogP contribution in [0.3, 0.4) is 0 Å². The van der Waals surface area contributed by atoms with E-state index in [0.717, 1.165) is 30.0 Å². The van der Waals surface area contributed by atoms with Gasteiger partial charge in [-0.3, -0.25) is 0 Å². The normalized spacial score (nSPS) is 28.4. The highest BCUT2D eigenvalue weighted by Crippen LogP contribution is 2.48. The van der Waals surface area contributed by atoms with Gasteiger partial charge in [-0.05, 0) is 49.1 Å².